The second kappa shape index (κ2) is 6.87. The van der Waals surface area contributed by atoms with E-state index in [1.54, 1.807) is 12.1 Å². The lowest BCUT2D eigenvalue weighted by Crippen LogP contribution is -2.20. The van der Waals surface area contributed by atoms with Gasteiger partial charge >= 0.3 is 6.18 Å². The Morgan fingerprint density at radius 2 is 1.71 bits per heavy atom. The maximum atomic E-state index is 11.8. The van der Waals surface area contributed by atoms with Crippen molar-refractivity contribution in [2.24, 2.45) is 0 Å². The minimum atomic E-state index is -4.04. The monoisotopic (exact) mass is 265 g/mol. The van der Waals surface area contributed by atoms with Crippen LogP contribution in [0.2, 0.25) is 5.02 Å². The number of hydrogen-bond acceptors (Lipinski definition) is 1. The Morgan fingerprint density at radius 3 is 2.29 bits per heavy atom. The minimum Gasteiger partial charge on any atom is -0.316 e. The van der Waals surface area contributed by atoms with Gasteiger partial charge in [0.1, 0.15) is 0 Å². The second-order valence-corrected chi connectivity index (χ2v) is 4.28. The summed E-state index contributed by atoms with van der Waals surface area (Å²) in [5.74, 6) is 0. The van der Waals surface area contributed by atoms with E-state index in [4.69, 9.17) is 11.6 Å². The first-order valence-electron chi connectivity index (χ1n) is 5.49. The molecule has 0 aliphatic carbocycles. The van der Waals surface area contributed by atoms with Crippen molar-refractivity contribution in [3.63, 3.8) is 0 Å². The van der Waals surface area contributed by atoms with E-state index >= 15 is 0 Å². The first kappa shape index (κ1) is 14.3. The van der Waals surface area contributed by atoms with Crippen LogP contribution >= 0.6 is 11.6 Å². The fraction of sp³-hybridized carbons (Fsp3) is 0.500. The molecule has 0 saturated carbocycles. The van der Waals surface area contributed by atoms with Crippen LogP contribution in [0, 0.1) is 0 Å². The van der Waals surface area contributed by atoms with Crippen molar-refractivity contribution < 1.29 is 13.2 Å². The highest BCUT2D eigenvalue weighted by molar-refractivity contribution is 6.30. The molecule has 17 heavy (non-hydrogen) atoms. The van der Waals surface area contributed by atoms with Crippen molar-refractivity contribution in [1.29, 1.82) is 0 Å². The number of rotatable bonds is 6. The highest BCUT2D eigenvalue weighted by Gasteiger charge is 2.25. The summed E-state index contributed by atoms with van der Waals surface area (Å²) in [5.41, 5.74) is 1.12. The molecule has 0 atom stereocenters. The average Bonchev–Trinajstić information content (AvgIpc) is 2.24. The average molecular weight is 266 g/mol. The standard InChI is InChI=1S/C12H15ClF3N/c13-11-4-2-10(3-5-11)6-9-17-8-1-7-12(14,15)16/h2-5,17H,1,6-9H2. The Bertz CT molecular complexity index is 322. The maximum Gasteiger partial charge on any atom is 0.389 e. The third-order valence-corrected chi connectivity index (χ3v) is 2.57. The van der Waals surface area contributed by atoms with Gasteiger partial charge in [-0.05, 0) is 43.6 Å². The molecular weight excluding hydrogens is 251 g/mol. The fourth-order valence-corrected chi connectivity index (χ4v) is 1.55. The normalized spacial score (nSPS) is 11.8. The quantitative estimate of drug-likeness (QED) is 0.771. The van der Waals surface area contributed by atoms with Crippen LogP contribution in [0.1, 0.15) is 18.4 Å². The molecule has 0 fully saturated rings. The molecule has 0 bridgehead atoms. The third kappa shape index (κ3) is 7.23. The molecule has 0 saturated heterocycles. The van der Waals surface area contributed by atoms with Crippen LogP contribution in [0.3, 0.4) is 0 Å². The van der Waals surface area contributed by atoms with Crippen molar-refractivity contribution in [3.05, 3.63) is 34.9 Å². The summed E-state index contributed by atoms with van der Waals surface area (Å²) in [6.45, 7) is 1.08. The molecule has 1 aromatic carbocycles. The fourth-order valence-electron chi connectivity index (χ4n) is 1.42. The zero-order valence-corrected chi connectivity index (χ0v) is 10.1. The maximum absolute atomic E-state index is 11.8. The van der Waals surface area contributed by atoms with Crippen LogP contribution in [0.4, 0.5) is 13.2 Å². The topological polar surface area (TPSA) is 12.0 Å². The molecule has 0 aliphatic rings. The molecule has 0 amide bonds. The van der Waals surface area contributed by atoms with Crippen molar-refractivity contribution >= 4 is 11.6 Å². The van der Waals surface area contributed by atoms with Gasteiger partial charge in [-0.3, -0.25) is 0 Å². The van der Waals surface area contributed by atoms with Gasteiger partial charge in [0.05, 0.1) is 0 Å². The van der Waals surface area contributed by atoms with Gasteiger partial charge in [0.25, 0.3) is 0 Å². The molecule has 5 heteroatoms. The van der Waals surface area contributed by atoms with E-state index in [1.807, 2.05) is 12.1 Å². The summed E-state index contributed by atoms with van der Waals surface area (Å²) < 4.78 is 35.5. The molecule has 0 aliphatic heterocycles. The predicted octanol–water partition coefficient (Wildman–Crippen LogP) is 3.81. The van der Waals surface area contributed by atoms with E-state index in [0.29, 0.717) is 18.1 Å². The molecule has 0 aromatic heterocycles. The smallest absolute Gasteiger partial charge is 0.316 e. The first-order chi connectivity index (χ1) is 7.97. The molecule has 96 valence electrons. The first-order valence-corrected chi connectivity index (χ1v) is 5.87. The molecular formula is C12H15ClF3N. The zero-order valence-electron chi connectivity index (χ0n) is 9.36. The number of alkyl halides is 3. The van der Waals surface area contributed by atoms with Gasteiger partial charge in [-0.25, -0.2) is 0 Å². The number of hydrogen-bond donors (Lipinski definition) is 1. The summed E-state index contributed by atoms with van der Waals surface area (Å²) in [6.07, 6.45) is -3.84. The van der Waals surface area contributed by atoms with Gasteiger partial charge < -0.3 is 5.32 Å². The van der Waals surface area contributed by atoms with Crippen molar-refractivity contribution in [1.82, 2.24) is 5.32 Å². The van der Waals surface area contributed by atoms with Crippen LogP contribution in [0.15, 0.2) is 24.3 Å². The van der Waals surface area contributed by atoms with Gasteiger partial charge in [0.15, 0.2) is 0 Å². The Kier molecular flexibility index (Phi) is 5.78. The van der Waals surface area contributed by atoms with E-state index in [1.165, 1.54) is 0 Å². The lowest BCUT2D eigenvalue weighted by atomic mass is 10.1. The van der Waals surface area contributed by atoms with E-state index in [2.05, 4.69) is 5.32 Å². The summed E-state index contributed by atoms with van der Waals surface area (Å²) in [7, 11) is 0. The predicted molar refractivity (Wildman–Crippen MR) is 63.3 cm³/mol. The Labute approximate surface area is 104 Å². The molecule has 0 unspecified atom stereocenters. The number of nitrogens with one attached hydrogen (secondary N) is 1. The molecule has 1 aromatic rings. The second-order valence-electron chi connectivity index (χ2n) is 3.85. The van der Waals surface area contributed by atoms with Crippen LogP contribution in [-0.2, 0) is 6.42 Å². The van der Waals surface area contributed by atoms with Crippen LogP contribution in [0.5, 0.6) is 0 Å². The minimum absolute atomic E-state index is 0.129. The van der Waals surface area contributed by atoms with Gasteiger partial charge in [0.2, 0.25) is 0 Å². The highest BCUT2D eigenvalue weighted by Crippen LogP contribution is 2.20. The molecule has 1 rings (SSSR count). The lowest BCUT2D eigenvalue weighted by molar-refractivity contribution is -0.135. The van der Waals surface area contributed by atoms with E-state index in [0.717, 1.165) is 12.0 Å². The molecule has 0 radical (unpaired) electrons. The van der Waals surface area contributed by atoms with Crippen LogP contribution < -0.4 is 5.32 Å². The molecule has 1 nitrogen and oxygen atoms in total. The van der Waals surface area contributed by atoms with Gasteiger partial charge in [-0.2, -0.15) is 13.2 Å². The summed E-state index contributed by atoms with van der Waals surface area (Å²) >= 11 is 5.73. The summed E-state index contributed by atoms with van der Waals surface area (Å²) in [4.78, 5) is 0. The van der Waals surface area contributed by atoms with Gasteiger partial charge in [-0.15, -0.1) is 0 Å². The Balaban J connectivity index is 2.07. The van der Waals surface area contributed by atoms with Gasteiger partial charge in [0, 0.05) is 11.4 Å². The van der Waals surface area contributed by atoms with Crippen molar-refractivity contribution in [2.45, 2.75) is 25.4 Å². The SMILES string of the molecule is FC(F)(F)CCCNCCc1ccc(Cl)cc1. The van der Waals surface area contributed by atoms with E-state index in [-0.39, 0.29) is 6.42 Å². The highest BCUT2D eigenvalue weighted by atomic mass is 35.5. The number of benzene rings is 1. The van der Waals surface area contributed by atoms with E-state index < -0.39 is 12.6 Å². The van der Waals surface area contributed by atoms with Crippen LogP contribution in [0.25, 0.3) is 0 Å². The third-order valence-electron chi connectivity index (χ3n) is 2.32. The molecule has 1 N–H and O–H groups in total. The Hall–Kier alpha value is -0.740. The van der Waals surface area contributed by atoms with Crippen molar-refractivity contribution in [3.8, 4) is 0 Å². The molecule has 0 heterocycles. The molecule has 0 spiro atoms. The lowest BCUT2D eigenvalue weighted by Gasteiger charge is -2.07. The van der Waals surface area contributed by atoms with Crippen molar-refractivity contribution in [2.75, 3.05) is 13.1 Å². The number of halogens is 4. The van der Waals surface area contributed by atoms with E-state index in [9.17, 15) is 13.2 Å². The summed E-state index contributed by atoms with van der Waals surface area (Å²) in [5, 5.41) is 3.68. The zero-order chi connectivity index (χ0) is 12.7. The summed E-state index contributed by atoms with van der Waals surface area (Å²) in [6, 6.07) is 7.44. The Morgan fingerprint density at radius 1 is 1.06 bits per heavy atom. The van der Waals surface area contributed by atoms with Crippen LogP contribution in [-0.4, -0.2) is 19.3 Å². The largest absolute Gasteiger partial charge is 0.389 e. The van der Waals surface area contributed by atoms with Gasteiger partial charge in [-0.1, -0.05) is 23.7 Å².